The van der Waals surface area contributed by atoms with Gasteiger partial charge in [0.05, 0.1) is 0 Å². The van der Waals surface area contributed by atoms with E-state index in [1.807, 2.05) is 0 Å². The molecule has 0 radical (unpaired) electrons. The minimum Gasteiger partial charge on any atom is -0.480 e. The van der Waals surface area contributed by atoms with Crippen molar-refractivity contribution >= 4 is 11.9 Å². The van der Waals surface area contributed by atoms with Gasteiger partial charge in [-0.1, -0.05) is 0 Å². The molecule has 1 rings (SSSR count). The number of hydrogen-bond donors (Lipinski definition) is 3. The lowest BCUT2D eigenvalue weighted by molar-refractivity contribution is -0.139. The van der Waals surface area contributed by atoms with E-state index in [0.29, 0.717) is 13.0 Å². The molecule has 1 amide bonds. The molecular weight excluding hydrogens is 160 g/mol. The molecule has 1 fully saturated rings. The highest BCUT2D eigenvalue weighted by atomic mass is 16.4. The number of carbonyl (C=O) groups excluding carboxylic acids is 1. The minimum absolute atomic E-state index is 0.0383. The molecule has 2 atom stereocenters. The third-order valence-electron chi connectivity index (χ3n) is 1.84. The zero-order valence-corrected chi connectivity index (χ0v) is 6.83. The number of aliphatic carboxylic acids is 1. The molecule has 12 heavy (non-hydrogen) atoms. The van der Waals surface area contributed by atoms with E-state index in [2.05, 4.69) is 10.6 Å². The molecule has 3 N–H and O–H groups in total. The Labute approximate surface area is 70.1 Å². The van der Waals surface area contributed by atoms with Gasteiger partial charge in [0.15, 0.2) is 0 Å². The number of rotatable bonds is 2. The van der Waals surface area contributed by atoms with E-state index in [9.17, 15) is 9.59 Å². The largest absolute Gasteiger partial charge is 0.480 e. The molecule has 1 aliphatic rings. The highest BCUT2D eigenvalue weighted by molar-refractivity contribution is 5.75. The molecule has 0 saturated carbocycles. The lowest BCUT2D eigenvalue weighted by atomic mass is 10.2. The van der Waals surface area contributed by atoms with Crippen LogP contribution in [0.15, 0.2) is 0 Å². The maximum atomic E-state index is 10.6. The van der Waals surface area contributed by atoms with Gasteiger partial charge in [-0.2, -0.15) is 0 Å². The van der Waals surface area contributed by atoms with Gasteiger partial charge in [0, 0.05) is 19.5 Å². The Balaban J connectivity index is 2.35. The van der Waals surface area contributed by atoms with E-state index < -0.39 is 12.0 Å². The molecule has 5 heteroatoms. The average molecular weight is 172 g/mol. The Hall–Kier alpha value is -1.10. The van der Waals surface area contributed by atoms with Gasteiger partial charge < -0.3 is 15.7 Å². The van der Waals surface area contributed by atoms with E-state index in [1.165, 1.54) is 6.92 Å². The van der Waals surface area contributed by atoms with Gasteiger partial charge in [0.2, 0.25) is 5.91 Å². The summed E-state index contributed by atoms with van der Waals surface area (Å²) in [6.07, 6.45) is 0.467. The maximum absolute atomic E-state index is 10.6. The van der Waals surface area contributed by atoms with Crippen LogP contribution < -0.4 is 10.6 Å². The first-order valence-electron chi connectivity index (χ1n) is 3.83. The van der Waals surface area contributed by atoms with Crippen molar-refractivity contribution in [2.45, 2.75) is 25.4 Å². The molecule has 2 unspecified atom stereocenters. The summed E-state index contributed by atoms with van der Waals surface area (Å²) in [7, 11) is 0. The van der Waals surface area contributed by atoms with Crippen molar-refractivity contribution in [1.82, 2.24) is 10.6 Å². The molecule has 0 bridgehead atoms. The summed E-state index contributed by atoms with van der Waals surface area (Å²) in [4.78, 5) is 21.0. The van der Waals surface area contributed by atoms with Gasteiger partial charge in [0.25, 0.3) is 0 Å². The molecule has 0 aliphatic carbocycles. The number of carboxylic acids is 1. The fourth-order valence-corrected chi connectivity index (χ4v) is 1.32. The van der Waals surface area contributed by atoms with Crippen molar-refractivity contribution in [2.75, 3.05) is 6.54 Å². The highest BCUT2D eigenvalue weighted by Crippen LogP contribution is 2.06. The van der Waals surface area contributed by atoms with Crippen LogP contribution in [0, 0.1) is 0 Å². The van der Waals surface area contributed by atoms with Gasteiger partial charge in [-0.15, -0.1) is 0 Å². The SMILES string of the molecule is CC(=O)NC1CNC(C(=O)O)C1. The molecule has 5 nitrogen and oxygen atoms in total. The normalized spacial score (nSPS) is 28.4. The second-order valence-electron chi connectivity index (χ2n) is 2.93. The van der Waals surface area contributed by atoms with Crippen LogP contribution in [0.2, 0.25) is 0 Å². The quantitative estimate of drug-likeness (QED) is 0.496. The zero-order chi connectivity index (χ0) is 9.14. The van der Waals surface area contributed by atoms with Crippen molar-refractivity contribution in [3.05, 3.63) is 0 Å². The fraction of sp³-hybridized carbons (Fsp3) is 0.714. The van der Waals surface area contributed by atoms with Crippen molar-refractivity contribution in [3.8, 4) is 0 Å². The molecule has 0 aromatic heterocycles. The van der Waals surface area contributed by atoms with Gasteiger partial charge in [-0.3, -0.25) is 9.59 Å². The Morgan fingerprint density at radius 2 is 2.25 bits per heavy atom. The number of carboxylic acid groups (broad SMARTS) is 1. The molecule has 1 aliphatic heterocycles. The molecule has 0 spiro atoms. The first-order valence-corrected chi connectivity index (χ1v) is 3.83. The van der Waals surface area contributed by atoms with Gasteiger partial charge in [0.1, 0.15) is 6.04 Å². The van der Waals surface area contributed by atoms with Crippen LogP contribution in [0.5, 0.6) is 0 Å². The Bertz CT molecular complexity index is 205. The van der Waals surface area contributed by atoms with Crippen LogP contribution in [0.3, 0.4) is 0 Å². The first-order chi connectivity index (χ1) is 5.59. The Morgan fingerprint density at radius 1 is 1.58 bits per heavy atom. The minimum atomic E-state index is -0.858. The third kappa shape index (κ3) is 2.20. The lowest BCUT2D eigenvalue weighted by Gasteiger charge is -2.07. The lowest BCUT2D eigenvalue weighted by Crippen LogP contribution is -2.34. The second-order valence-corrected chi connectivity index (χ2v) is 2.93. The van der Waals surface area contributed by atoms with E-state index in [0.717, 1.165) is 0 Å². The smallest absolute Gasteiger partial charge is 0.320 e. The van der Waals surface area contributed by atoms with Crippen LogP contribution in [0.25, 0.3) is 0 Å². The van der Waals surface area contributed by atoms with E-state index in [-0.39, 0.29) is 11.9 Å². The monoisotopic (exact) mass is 172 g/mol. The molecular formula is C7H12N2O3. The van der Waals surface area contributed by atoms with Crippen molar-refractivity contribution in [2.24, 2.45) is 0 Å². The van der Waals surface area contributed by atoms with Crippen LogP contribution in [-0.4, -0.2) is 35.6 Å². The number of amides is 1. The van der Waals surface area contributed by atoms with Gasteiger partial charge in [-0.25, -0.2) is 0 Å². The fourth-order valence-electron chi connectivity index (χ4n) is 1.32. The molecule has 1 heterocycles. The summed E-state index contributed by atoms with van der Waals surface area (Å²) in [6.45, 7) is 1.96. The highest BCUT2D eigenvalue weighted by Gasteiger charge is 2.29. The molecule has 0 aromatic rings. The second kappa shape index (κ2) is 3.53. The Morgan fingerprint density at radius 3 is 2.67 bits per heavy atom. The maximum Gasteiger partial charge on any atom is 0.320 e. The predicted octanol–water partition coefficient (Wildman–Crippen LogP) is -1.06. The van der Waals surface area contributed by atoms with Gasteiger partial charge >= 0.3 is 5.97 Å². The zero-order valence-electron chi connectivity index (χ0n) is 6.83. The van der Waals surface area contributed by atoms with Crippen LogP contribution in [0.1, 0.15) is 13.3 Å². The molecule has 68 valence electrons. The summed E-state index contributed by atoms with van der Waals surface area (Å²) in [6, 6.07) is -0.551. The summed E-state index contributed by atoms with van der Waals surface area (Å²) in [5.41, 5.74) is 0. The van der Waals surface area contributed by atoms with Crippen molar-refractivity contribution < 1.29 is 14.7 Å². The first kappa shape index (κ1) is 8.99. The van der Waals surface area contributed by atoms with Crippen molar-refractivity contribution in [1.29, 1.82) is 0 Å². The standard InChI is InChI=1S/C7H12N2O3/c1-4(10)9-5-2-6(7(11)12)8-3-5/h5-6,8H,2-3H2,1H3,(H,9,10)(H,11,12). The topological polar surface area (TPSA) is 78.4 Å². The summed E-state index contributed by atoms with van der Waals surface area (Å²) in [5.74, 6) is -0.976. The van der Waals surface area contributed by atoms with E-state index in [4.69, 9.17) is 5.11 Å². The molecule has 0 aromatic carbocycles. The third-order valence-corrected chi connectivity index (χ3v) is 1.84. The predicted molar refractivity (Wildman–Crippen MR) is 41.6 cm³/mol. The van der Waals surface area contributed by atoms with E-state index in [1.54, 1.807) is 0 Å². The summed E-state index contributed by atoms with van der Waals surface area (Å²) >= 11 is 0. The van der Waals surface area contributed by atoms with Crippen LogP contribution in [-0.2, 0) is 9.59 Å². The van der Waals surface area contributed by atoms with Crippen LogP contribution >= 0.6 is 0 Å². The van der Waals surface area contributed by atoms with Crippen molar-refractivity contribution in [3.63, 3.8) is 0 Å². The van der Waals surface area contributed by atoms with E-state index >= 15 is 0 Å². The number of hydrogen-bond acceptors (Lipinski definition) is 3. The van der Waals surface area contributed by atoms with Gasteiger partial charge in [-0.05, 0) is 6.42 Å². The average Bonchev–Trinajstić information content (AvgIpc) is 2.34. The number of carbonyl (C=O) groups is 2. The molecule has 1 saturated heterocycles. The number of nitrogens with one attached hydrogen (secondary N) is 2. The summed E-state index contributed by atoms with van der Waals surface area (Å²) < 4.78 is 0. The van der Waals surface area contributed by atoms with Crippen LogP contribution in [0.4, 0.5) is 0 Å². The Kier molecular flexibility index (Phi) is 2.65. The summed E-state index contributed by atoms with van der Waals surface area (Å²) in [5, 5.41) is 14.0.